The molecule has 0 aliphatic heterocycles. The summed E-state index contributed by atoms with van der Waals surface area (Å²) in [5, 5.41) is 2.84. The maximum atomic E-state index is 13.2. The van der Waals surface area contributed by atoms with Gasteiger partial charge in [0.2, 0.25) is 5.91 Å². The van der Waals surface area contributed by atoms with Crippen LogP contribution in [0.5, 0.6) is 0 Å². The Bertz CT molecular complexity index is 1050. The molecule has 0 saturated carbocycles. The van der Waals surface area contributed by atoms with E-state index in [9.17, 15) is 13.2 Å². The van der Waals surface area contributed by atoms with Crippen LogP contribution in [0.3, 0.4) is 0 Å². The lowest BCUT2D eigenvalue weighted by Gasteiger charge is -2.24. The molecule has 0 fully saturated rings. The first-order valence-electron chi connectivity index (χ1n) is 9.92. The van der Waals surface area contributed by atoms with E-state index >= 15 is 0 Å². The fourth-order valence-corrected chi connectivity index (χ4v) is 4.53. The quantitative estimate of drug-likeness (QED) is 0.531. The van der Waals surface area contributed by atoms with Gasteiger partial charge in [0.05, 0.1) is 10.6 Å². The number of hydrogen-bond donors (Lipinski definition) is 1. The van der Waals surface area contributed by atoms with Gasteiger partial charge in [-0.2, -0.15) is 0 Å². The molecule has 0 bridgehead atoms. The first kappa shape index (κ1) is 21.6. The number of benzene rings is 3. The minimum atomic E-state index is -3.85. The summed E-state index contributed by atoms with van der Waals surface area (Å²) in [6, 6.07) is 25.1. The first-order valence-corrected chi connectivity index (χ1v) is 11.4. The van der Waals surface area contributed by atoms with Crippen molar-refractivity contribution < 1.29 is 13.2 Å². The van der Waals surface area contributed by atoms with E-state index in [1.807, 2.05) is 13.0 Å². The lowest BCUT2D eigenvalue weighted by molar-refractivity contribution is -0.119. The van der Waals surface area contributed by atoms with Crippen LogP contribution in [-0.4, -0.2) is 27.4 Å². The summed E-state index contributed by atoms with van der Waals surface area (Å²) in [5.74, 6) is -0.331. The number of amides is 1. The summed E-state index contributed by atoms with van der Waals surface area (Å²) in [7, 11) is -3.85. The van der Waals surface area contributed by atoms with Crippen LogP contribution in [-0.2, 0) is 21.2 Å². The third kappa shape index (κ3) is 5.70. The number of anilines is 1. The number of carbonyl (C=O) groups excluding carboxylic acids is 1. The van der Waals surface area contributed by atoms with E-state index in [0.717, 1.165) is 17.1 Å². The second kappa shape index (κ2) is 10.1. The van der Waals surface area contributed by atoms with Crippen LogP contribution in [0.2, 0.25) is 0 Å². The second-order valence-electron chi connectivity index (χ2n) is 7.10. The summed E-state index contributed by atoms with van der Waals surface area (Å²) in [6.45, 7) is 2.26. The Morgan fingerprint density at radius 3 is 2.10 bits per heavy atom. The van der Waals surface area contributed by atoms with E-state index in [1.54, 1.807) is 42.5 Å². The van der Waals surface area contributed by atoms with Gasteiger partial charge in [-0.15, -0.1) is 0 Å². The molecule has 0 aliphatic rings. The number of aryl methyl sites for hydroxylation is 2. The Labute approximate surface area is 178 Å². The van der Waals surface area contributed by atoms with E-state index in [-0.39, 0.29) is 17.3 Å². The van der Waals surface area contributed by atoms with Gasteiger partial charge in [-0.25, -0.2) is 8.42 Å². The molecule has 0 saturated heterocycles. The molecule has 30 heavy (non-hydrogen) atoms. The van der Waals surface area contributed by atoms with Crippen LogP contribution in [0.4, 0.5) is 5.69 Å². The molecule has 0 atom stereocenters. The molecule has 1 amide bonds. The van der Waals surface area contributed by atoms with Gasteiger partial charge in [0.1, 0.15) is 6.54 Å². The third-order valence-corrected chi connectivity index (χ3v) is 6.54. The number of hydrogen-bond acceptors (Lipinski definition) is 3. The molecule has 0 spiro atoms. The molecule has 0 radical (unpaired) electrons. The predicted molar refractivity (Wildman–Crippen MR) is 120 cm³/mol. The maximum Gasteiger partial charge on any atom is 0.264 e. The van der Waals surface area contributed by atoms with Crippen molar-refractivity contribution in [2.45, 2.75) is 24.7 Å². The van der Waals surface area contributed by atoms with E-state index in [2.05, 4.69) is 29.6 Å². The van der Waals surface area contributed by atoms with E-state index in [4.69, 9.17) is 0 Å². The maximum absolute atomic E-state index is 13.2. The van der Waals surface area contributed by atoms with Crippen molar-refractivity contribution in [1.82, 2.24) is 5.32 Å². The van der Waals surface area contributed by atoms with Crippen molar-refractivity contribution in [1.29, 1.82) is 0 Å². The Morgan fingerprint density at radius 1 is 0.867 bits per heavy atom. The summed E-state index contributed by atoms with van der Waals surface area (Å²) < 4.78 is 27.5. The SMILES string of the molecule is Cc1ccc(CCCNC(=O)CN(c2ccccc2)S(=O)(=O)c2ccccc2)cc1. The normalized spacial score (nSPS) is 11.1. The first-order chi connectivity index (χ1) is 14.5. The highest BCUT2D eigenvalue weighted by Crippen LogP contribution is 2.23. The van der Waals surface area contributed by atoms with Crippen LogP contribution in [0, 0.1) is 6.92 Å². The second-order valence-corrected chi connectivity index (χ2v) is 8.96. The number of rotatable bonds is 9. The third-order valence-electron chi connectivity index (χ3n) is 4.75. The van der Waals surface area contributed by atoms with Crippen LogP contribution < -0.4 is 9.62 Å². The van der Waals surface area contributed by atoms with Crippen molar-refractivity contribution in [2.75, 3.05) is 17.4 Å². The van der Waals surface area contributed by atoms with Gasteiger partial charge in [0.25, 0.3) is 10.0 Å². The van der Waals surface area contributed by atoms with Crippen LogP contribution in [0.25, 0.3) is 0 Å². The number of sulfonamides is 1. The van der Waals surface area contributed by atoms with Gasteiger partial charge in [0, 0.05) is 6.54 Å². The van der Waals surface area contributed by atoms with Crippen molar-refractivity contribution in [3.8, 4) is 0 Å². The number of nitrogens with zero attached hydrogens (tertiary/aromatic N) is 1. The van der Waals surface area contributed by atoms with Gasteiger partial charge in [-0.3, -0.25) is 9.10 Å². The zero-order valence-corrected chi connectivity index (χ0v) is 17.8. The topological polar surface area (TPSA) is 66.5 Å². The molecule has 6 heteroatoms. The number of para-hydroxylation sites is 1. The zero-order chi connectivity index (χ0) is 21.4. The van der Waals surface area contributed by atoms with Gasteiger partial charge in [0.15, 0.2) is 0 Å². The highest BCUT2D eigenvalue weighted by molar-refractivity contribution is 7.92. The minimum absolute atomic E-state index is 0.154. The summed E-state index contributed by atoms with van der Waals surface area (Å²) in [6.07, 6.45) is 1.64. The van der Waals surface area contributed by atoms with Crippen molar-refractivity contribution in [3.63, 3.8) is 0 Å². The molecular weight excluding hydrogens is 396 g/mol. The molecule has 1 N–H and O–H groups in total. The van der Waals surface area contributed by atoms with Gasteiger partial charge >= 0.3 is 0 Å². The van der Waals surface area contributed by atoms with Crippen molar-refractivity contribution in [3.05, 3.63) is 96.1 Å². The smallest absolute Gasteiger partial charge is 0.264 e. The standard InChI is InChI=1S/C24H26N2O3S/c1-20-14-16-21(17-15-20)9-8-18-25-24(27)19-26(22-10-4-2-5-11-22)30(28,29)23-12-6-3-7-13-23/h2-7,10-17H,8-9,18-19H2,1H3,(H,25,27). The predicted octanol–water partition coefficient (Wildman–Crippen LogP) is 3.94. The molecule has 5 nitrogen and oxygen atoms in total. The molecule has 0 heterocycles. The molecule has 3 aromatic carbocycles. The lowest BCUT2D eigenvalue weighted by atomic mass is 10.1. The largest absolute Gasteiger partial charge is 0.355 e. The molecule has 0 aliphatic carbocycles. The fourth-order valence-electron chi connectivity index (χ4n) is 3.09. The summed E-state index contributed by atoms with van der Waals surface area (Å²) in [4.78, 5) is 12.7. The Hall–Kier alpha value is -3.12. The lowest BCUT2D eigenvalue weighted by Crippen LogP contribution is -2.41. The van der Waals surface area contributed by atoms with Crippen molar-refractivity contribution in [2.24, 2.45) is 0 Å². The van der Waals surface area contributed by atoms with E-state index < -0.39 is 10.0 Å². The summed E-state index contributed by atoms with van der Waals surface area (Å²) in [5.41, 5.74) is 2.89. The molecule has 156 valence electrons. The van der Waals surface area contributed by atoms with E-state index in [1.165, 1.54) is 23.3 Å². The van der Waals surface area contributed by atoms with Crippen LogP contribution >= 0.6 is 0 Å². The van der Waals surface area contributed by atoms with Gasteiger partial charge < -0.3 is 5.32 Å². The molecule has 0 unspecified atom stereocenters. The molecule has 3 aromatic rings. The molecular formula is C24H26N2O3S. The summed E-state index contributed by atoms with van der Waals surface area (Å²) >= 11 is 0. The highest BCUT2D eigenvalue weighted by atomic mass is 32.2. The Balaban J connectivity index is 1.64. The van der Waals surface area contributed by atoms with E-state index in [0.29, 0.717) is 12.2 Å². The Kier molecular flexibility index (Phi) is 7.25. The highest BCUT2D eigenvalue weighted by Gasteiger charge is 2.26. The average molecular weight is 423 g/mol. The Morgan fingerprint density at radius 2 is 1.47 bits per heavy atom. The zero-order valence-electron chi connectivity index (χ0n) is 17.0. The molecule has 0 aromatic heterocycles. The number of carbonyl (C=O) groups is 1. The monoisotopic (exact) mass is 422 g/mol. The van der Waals surface area contributed by atoms with Crippen LogP contribution in [0.15, 0.2) is 89.8 Å². The van der Waals surface area contributed by atoms with Gasteiger partial charge in [-0.1, -0.05) is 66.2 Å². The number of nitrogens with one attached hydrogen (secondary N) is 1. The molecule has 3 rings (SSSR count). The van der Waals surface area contributed by atoms with Crippen molar-refractivity contribution >= 4 is 21.6 Å². The van der Waals surface area contributed by atoms with Crippen LogP contribution in [0.1, 0.15) is 17.5 Å². The van der Waals surface area contributed by atoms with Gasteiger partial charge in [-0.05, 0) is 49.6 Å². The fraction of sp³-hybridized carbons (Fsp3) is 0.208. The minimum Gasteiger partial charge on any atom is -0.355 e. The average Bonchev–Trinajstić information content (AvgIpc) is 2.77.